The van der Waals surface area contributed by atoms with Gasteiger partial charge in [-0.2, -0.15) is 0 Å². The zero-order valence-corrected chi connectivity index (χ0v) is 17.4. The molecule has 1 aromatic heterocycles. The van der Waals surface area contributed by atoms with Gasteiger partial charge in [0.1, 0.15) is 11.3 Å². The van der Waals surface area contributed by atoms with Gasteiger partial charge < -0.3 is 34.8 Å². The summed E-state index contributed by atoms with van der Waals surface area (Å²) in [4.78, 5) is 31.6. The number of carbonyl (C=O) groups excluding carboxylic acids is 3. The van der Waals surface area contributed by atoms with Crippen LogP contribution in [0.3, 0.4) is 0 Å². The molecular weight excluding hydrogens is 506 g/mol. The van der Waals surface area contributed by atoms with Crippen LogP contribution in [0.2, 0.25) is 0 Å². The zero-order valence-electron chi connectivity index (χ0n) is 15.0. The standard InChI is InChI=1S/C10H9NO.3C3H4O2.Eu/c1-7-5-6-8-3-2-4-9(12)10(8)11-7;3*1-2-3(4)5;/h2-6,12H,1H3;3*2H,1H2,(H,4,5);/q;;;;+3/p-3. The molecule has 0 bridgehead atoms. The average Bonchev–Trinajstić information content (AvgIpc) is 2.64. The number of aromatic nitrogens is 1. The minimum Gasteiger partial charge on any atom is -0.545 e. The molecule has 28 heavy (non-hydrogen) atoms. The third-order valence-electron chi connectivity index (χ3n) is 2.34. The number of carbonyl (C=O) groups is 3. The topological polar surface area (TPSA) is 154 Å². The second kappa shape index (κ2) is 18.0. The number of carboxylic acids is 3. The van der Waals surface area contributed by atoms with Crippen LogP contribution in [0.25, 0.3) is 10.9 Å². The Bertz CT molecular complexity index is 776. The fourth-order valence-corrected chi connectivity index (χ4v) is 1.23. The van der Waals surface area contributed by atoms with Crippen molar-refractivity contribution < 1.29 is 84.2 Å². The van der Waals surface area contributed by atoms with E-state index in [4.69, 9.17) is 29.7 Å². The largest absolute Gasteiger partial charge is 3.00 e. The maximum atomic E-state index is 9.43. The predicted molar refractivity (Wildman–Crippen MR) is 93.8 cm³/mol. The molecule has 9 heteroatoms. The molecule has 0 spiro atoms. The van der Waals surface area contributed by atoms with E-state index in [1.54, 1.807) is 6.07 Å². The third kappa shape index (κ3) is 17.1. The van der Waals surface area contributed by atoms with E-state index < -0.39 is 17.9 Å². The van der Waals surface area contributed by atoms with Gasteiger partial charge in [-0.1, -0.05) is 37.9 Å². The van der Waals surface area contributed by atoms with E-state index in [9.17, 15) is 5.11 Å². The fraction of sp³-hybridized carbons (Fsp3) is 0.0526. The van der Waals surface area contributed by atoms with Crippen molar-refractivity contribution in [2.24, 2.45) is 0 Å². The molecular formula is C19H18EuNO7. The Morgan fingerprint density at radius 1 is 0.893 bits per heavy atom. The second-order valence-corrected chi connectivity index (χ2v) is 4.37. The molecule has 1 heterocycles. The molecule has 1 aromatic carbocycles. The SMILES string of the molecule is C=CC(=O)[O-].C=CC(=O)[O-].C=CC(=O)[O-].Cc1ccc2cccc(O)c2n1.[Eu+3]. The summed E-state index contributed by atoms with van der Waals surface area (Å²) in [5.74, 6) is -3.45. The minimum atomic E-state index is -1.23. The molecule has 1 N–H and O–H groups in total. The van der Waals surface area contributed by atoms with E-state index in [1.807, 2.05) is 31.2 Å². The summed E-state index contributed by atoms with van der Waals surface area (Å²) in [6.07, 6.45) is 2.17. The normalized spacial score (nSPS) is 7.89. The van der Waals surface area contributed by atoms with E-state index in [0.29, 0.717) is 5.52 Å². The molecule has 0 saturated heterocycles. The van der Waals surface area contributed by atoms with Crippen LogP contribution >= 0.6 is 0 Å². The number of phenolic OH excluding ortho intramolecular Hbond substituents is 1. The number of nitrogens with zero attached hydrogens (tertiary/aromatic N) is 1. The fourth-order valence-electron chi connectivity index (χ4n) is 1.23. The van der Waals surface area contributed by atoms with Gasteiger partial charge in [-0.15, -0.1) is 0 Å². The van der Waals surface area contributed by atoms with E-state index >= 15 is 0 Å². The molecule has 0 radical (unpaired) electrons. The Hall–Kier alpha value is -2.36. The van der Waals surface area contributed by atoms with Crippen molar-refractivity contribution in [3.8, 4) is 5.75 Å². The van der Waals surface area contributed by atoms with Crippen molar-refractivity contribution in [3.63, 3.8) is 0 Å². The molecule has 2 rings (SSSR count). The molecule has 0 aliphatic rings. The molecule has 0 saturated carbocycles. The maximum absolute atomic E-state index is 9.43. The van der Waals surface area contributed by atoms with Crippen LogP contribution in [0, 0.1) is 56.3 Å². The van der Waals surface area contributed by atoms with Crippen molar-refractivity contribution >= 4 is 28.8 Å². The summed E-state index contributed by atoms with van der Waals surface area (Å²) in [6.45, 7) is 10.6. The van der Waals surface area contributed by atoms with Gasteiger partial charge in [-0.25, -0.2) is 4.98 Å². The smallest absolute Gasteiger partial charge is 0.545 e. The first-order chi connectivity index (χ1) is 12.6. The van der Waals surface area contributed by atoms with Crippen molar-refractivity contribution in [2.75, 3.05) is 0 Å². The molecule has 0 amide bonds. The van der Waals surface area contributed by atoms with E-state index in [2.05, 4.69) is 24.7 Å². The van der Waals surface area contributed by atoms with Crippen LogP contribution in [-0.2, 0) is 14.4 Å². The van der Waals surface area contributed by atoms with Gasteiger partial charge in [0.25, 0.3) is 0 Å². The Morgan fingerprint density at radius 2 is 1.29 bits per heavy atom. The number of benzene rings is 1. The van der Waals surface area contributed by atoms with E-state index in [1.165, 1.54) is 0 Å². The summed E-state index contributed by atoms with van der Waals surface area (Å²) < 4.78 is 0. The molecule has 0 aliphatic heterocycles. The summed E-state index contributed by atoms with van der Waals surface area (Å²) in [7, 11) is 0. The first kappa shape index (κ1) is 30.4. The van der Waals surface area contributed by atoms with Gasteiger partial charge in [0.05, 0.1) is 17.9 Å². The molecule has 2 aromatic rings. The number of aliphatic carboxylic acids is 3. The second-order valence-electron chi connectivity index (χ2n) is 4.37. The van der Waals surface area contributed by atoms with Gasteiger partial charge in [-0.3, -0.25) is 0 Å². The van der Waals surface area contributed by atoms with Crippen LogP contribution in [0.4, 0.5) is 0 Å². The molecule has 0 unspecified atom stereocenters. The Balaban J connectivity index is -0.000000334. The number of aryl methyl sites for hydroxylation is 1. The van der Waals surface area contributed by atoms with Crippen molar-refractivity contribution in [1.82, 2.24) is 4.98 Å². The molecule has 148 valence electrons. The summed E-state index contributed by atoms with van der Waals surface area (Å²) in [5, 5.41) is 37.8. The van der Waals surface area contributed by atoms with Crippen LogP contribution in [0.1, 0.15) is 5.69 Å². The number of hydrogen-bond acceptors (Lipinski definition) is 8. The number of carboxylic acid groups (broad SMARTS) is 3. The van der Waals surface area contributed by atoms with Gasteiger partial charge >= 0.3 is 49.4 Å². The number of para-hydroxylation sites is 1. The van der Waals surface area contributed by atoms with Gasteiger partial charge in [0.15, 0.2) is 0 Å². The van der Waals surface area contributed by atoms with Gasteiger partial charge in [-0.05, 0) is 37.3 Å². The number of fused-ring (bicyclic) bond motifs is 1. The predicted octanol–water partition coefficient (Wildman–Crippen LogP) is -0.984. The Labute approximate surface area is 203 Å². The number of hydrogen-bond donors (Lipinski definition) is 1. The van der Waals surface area contributed by atoms with Crippen LogP contribution in [-0.4, -0.2) is 28.0 Å². The molecule has 0 fully saturated rings. The van der Waals surface area contributed by atoms with Gasteiger partial charge in [0, 0.05) is 11.1 Å². The van der Waals surface area contributed by atoms with Crippen LogP contribution < -0.4 is 15.3 Å². The van der Waals surface area contributed by atoms with Crippen LogP contribution in [0.15, 0.2) is 68.3 Å². The zero-order chi connectivity index (χ0) is 21.4. The number of aromatic hydroxyl groups is 1. The summed E-state index contributed by atoms with van der Waals surface area (Å²) >= 11 is 0. The summed E-state index contributed by atoms with van der Waals surface area (Å²) in [5.41, 5.74) is 1.60. The average molecular weight is 524 g/mol. The minimum absolute atomic E-state index is 0. The first-order valence-electron chi connectivity index (χ1n) is 7.14. The summed E-state index contributed by atoms with van der Waals surface area (Å²) in [6, 6.07) is 9.28. The molecule has 8 nitrogen and oxygen atoms in total. The van der Waals surface area contributed by atoms with Crippen LogP contribution in [0.5, 0.6) is 5.75 Å². The Kier molecular flexibility index (Phi) is 19.6. The van der Waals surface area contributed by atoms with Crippen molar-refractivity contribution in [3.05, 3.63) is 74.0 Å². The monoisotopic (exact) mass is 525 g/mol. The Morgan fingerprint density at radius 3 is 1.64 bits per heavy atom. The maximum Gasteiger partial charge on any atom is 3.00 e. The molecule has 0 atom stereocenters. The van der Waals surface area contributed by atoms with Crippen molar-refractivity contribution in [1.29, 1.82) is 0 Å². The van der Waals surface area contributed by atoms with Gasteiger partial charge in [0.2, 0.25) is 0 Å². The number of pyridine rings is 1. The van der Waals surface area contributed by atoms with E-state index in [0.717, 1.165) is 29.3 Å². The third-order valence-corrected chi connectivity index (χ3v) is 2.34. The quantitative estimate of drug-likeness (QED) is 0.503. The number of phenols is 1. The van der Waals surface area contributed by atoms with Crippen molar-refractivity contribution in [2.45, 2.75) is 6.92 Å². The first-order valence-corrected chi connectivity index (χ1v) is 7.14. The van der Waals surface area contributed by atoms with E-state index in [-0.39, 0.29) is 55.1 Å². The number of rotatable bonds is 3. The molecule has 0 aliphatic carbocycles.